The molecule has 5 N–H and O–H groups in total. The molecule has 1 amide bonds. The van der Waals surface area contributed by atoms with E-state index in [4.69, 9.17) is 15.9 Å². The highest BCUT2D eigenvalue weighted by atomic mass is 16.4. The number of nitrogens with one attached hydrogen (secondary N) is 1. The lowest BCUT2D eigenvalue weighted by atomic mass is 9.97. The van der Waals surface area contributed by atoms with E-state index in [2.05, 4.69) is 5.32 Å². The molecule has 1 aliphatic heterocycles. The van der Waals surface area contributed by atoms with Gasteiger partial charge in [0.25, 0.3) is 0 Å². The van der Waals surface area contributed by atoms with Crippen molar-refractivity contribution in [3.05, 3.63) is 0 Å². The molecule has 0 spiro atoms. The Morgan fingerprint density at radius 1 is 1.50 bits per heavy atom. The minimum atomic E-state index is -1.35. The molecule has 3 unspecified atom stereocenters. The molecule has 7 nitrogen and oxygen atoms in total. The van der Waals surface area contributed by atoms with Crippen molar-refractivity contribution in [3.63, 3.8) is 0 Å². The van der Waals surface area contributed by atoms with Gasteiger partial charge in [-0.25, -0.2) is 4.79 Å². The normalized spacial score (nSPS) is 28.2. The SMILES string of the molecule is NC(C(=O)O)C1CC(C(=O)O)NC1=O. The fourth-order valence-corrected chi connectivity index (χ4v) is 1.34. The first-order valence-corrected chi connectivity index (χ1v) is 3.95. The first-order chi connectivity index (χ1) is 6.43. The molecule has 0 radical (unpaired) electrons. The minimum absolute atomic E-state index is 0.0817. The monoisotopic (exact) mass is 202 g/mol. The molecule has 1 aliphatic rings. The summed E-state index contributed by atoms with van der Waals surface area (Å²) in [4.78, 5) is 32.1. The second-order valence-electron chi connectivity index (χ2n) is 3.11. The van der Waals surface area contributed by atoms with Crippen LogP contribution in [-0.2, 0) is 14.4 Å². The van der Waals surface area contributed by atoms with Gasteiger partial charge in [0, 0.05) is 0 Å². The quantitative estimate of drug-likeness (QED) is 0.418. The summed E-state index contributed by atoms with van der Waals surface area (Å²) in [6.07, 6.45) is -0.0817. The van der Waals surface area contributed by atoms with Crippen LogP contribution in [0, 0.1) is 5.92 Å². The number of hydrogen-bond acceptors (Lipinski definition) is 4. The molecule has 14 heavy (non-hydrogen) atoms. The van der Waals surface area contributed by atoms with Crippen LogP contribution in [0.25, 0.3) is 0 Å². The Balaban J connectivity index is 2.70. The van der Waals surface area contributed by atoms with E-state index < -0.39 is 35.8 Å². The zero-order valence-electron chi connectivity index (χ0n) is 7.14. The van der Waals surface area contributed by atoms with Gasteiger partial charge >= 0.3 is 11.9 Å². The topological polar surface area (TPSA) is 130 Å². The van der Waals surface area contributed by atoms with Gasteiger partial charge in [0.1, 0.15) is 12.1 Å². The molecule has 7 heteroatoms. The van der Waals surface area contributed by atoms with Crippen molar-refractivity contribution in [2.24, 2.45) is 11.7 Å². The molecule has 0 aromatic rings. The largest absolute Gasteiger partial charge is 0.480 e. The average Bonchev–Trinajstić information content (AvgIpc) is 2.46. The van der Waals surface area contributed by atoms with E-state index in [9.17, 15) is 14.4 Å². The number of carbonyl (C=O) groups is 3. The second kappa shape index (κ2) is 3.62. The molecule has 0 aliphatic carbocycles. The molecular formula is C7H10N2O5. The summed E-state index contributed by atoms with van der Waals surface area (Å²) < 4.78 is 0. The van der Waals surface area contributed by atoms with Crippen LogP contribution in [0.3, 0.4) is 0 Å². The van der Waals surface area contributed by atoms with Crippen LogP contribution in [0.15, 0.2) is 0 Å². The zero-order valence-corrected chi connectivity index (χ0v) is 7.14. The smallest absolute Gasteiger partial charge is 0.326 e. The van der Waals surface area contributed by atoms with Gasteiger partial charge in [-0.3, -0.25) is 9.59 Å². The van der Waals surface area contributed by atoms with Gasteiger partial charge < -0.3 is 21.3 Å². The van der Waals surface area contributed by atoms with Crippen molar-refractivity contribution >= 4 is 17.8 Å². The number of carbonyl (C=O) groups excluding carboxylic acids is 1. The van der Waals surface area contributed by atoms with E-state index in [1.807, 2.05) is 0 Å². The fraction of sp³-hybridized carbons (Fsp3) is 0.571. The van der Waals surface area contributed by atoms with E-state index in [1.165, 1.54) is 0 Å². The lowest BCUT2D eigenvalue weighted by molar-refractivity contribution is -0.142. The van der Waals surface area contributed by atoms with Gasteiger partial charge in [-0.2, -0.15) is 0 Å². The number of amides is 1. The average molecular weight is 202 g/mol. The van der Waals surface area contributed by atoms with Crippen LogP contribution in [0.4, 0.5) is 0 Å². The van der Waals surface area contributed by atoms with E-state index in [1.54, 1.807) is 0 Å². The number of aliphatic carboxylic acids is 2. The number of rotatable bonds is 3. The van der Waals surface area contributed by atoms with Crippen LogP contribution in [0.5, 0.6) is 0 Å². The molecule has 78 valence electrons. The van der Waals surface area contributed by atoms with Crippen molar-refractivity contribution in [2.45, 2.75) is 18.5 Å². The summed E-state index contributed by atoms with van der Waals surface area (Å²) in [7, 11) is 0. The lowest BCUT2D eigenvalue weighted by Gasteiger charge is -2.10. The van der Waals surface area contributed by atoms with Gasteiger partial charge in [0.15, 0.2) is 0 Å². The van der Waals surface area contributed by atoms with E-state index in [-0.39, 0.29) is 6.42 Å². The number of carboxylic acids is 2. The highest BCUT2D eigenvalue weighted by Crippen LogP contribution is 2.18. The molecule has 0 aromatic carbocycles. The van der Waals surface area contributed by atoms with E-state index >= 15 is 0 Å². The highest BCUT2D eigenvalue weighted by molar-refractivity contribution is 5.92. The first-order valence-electron chi connectivity index (χ1n) is 3.95. The molecule has 0 aromatic heterocycles. The first kappa shape index (κ1) is 10.5. The summed E-state index contributed by atoms with van der Waals surface area (Å²) in [6, 6.07) is -2.38. The third-order valence-corrected chi connectivity index (χ3v) is 2.16. The maximum Gasteiger partial charge on any atom is 0.326 e. The Hall–Kier alpha value is -1.63. The minimum Gasteiger partial charge on any atom is -0.480 e. The van der Waals surface area contributed by atoms with E-state index in [0.29, 0.717) is 0 Å². The highest BCUT2D eigenvalue weighted by Gasteiger charge is 2.41. The van der Waals surface area contributed by atoms with Gasteiger partial charge in [-0.15, -0.1) is 0 Å². The Morgan fingerprint density at radius 2 is 2.07 bits per heavy atom. The molecule has 1 fully saturated rings. The van der Waals surface area contributed by atoms with Gasteiger partial charge in [-0.1, -0.05) is 0 Å². The third kappa shape index (κ3) is 1.82. The molecule has 1 saturated heterocycles. The maximum absolute atomic E-state index is 11.1. The zero-order chi connectivity index (χ0) is 10.9. The Labute approximate surface area is 78.9 Å². The number of nitrogens with two attached hydrogens (primary N) is 1. The standard InChI is InChI=1S/C7H10N2O5/c8-4(7(13)14)2-1-3(6(11)12)9-5(2)10/h2-4H,1,8H2,(H,9,10)(H,11,12)(H,13,14). The van der Waals surface area contributed by atoms with Gasteiger partial charge in [0.05, 0.1) is 5.92 Å². The molecule has 0 bridgehead atoms. The molecule has 1 heterocycles. The van der Waals surface area contributed by atoms with Gasteiger partial charge in [0.2, 0.25) is 5.91 Å². The van der Waals surface area contributed by atoms with E-state index in [0.717, 1.165) is 0 Å². The van der Waals surface area contributed by atoms with Crippen LogP contribution in [0.1, 0.15) is 6.42 Å². The summed E-state index contributed by atoms with van der Waals surface area (Å²) >= 11 is 0. The molecule has 3 atom stereocenters. The van der Waals surface area contributed by atoms with Crippen LogP contribution >= 0.6 is 0 Å². The predicted octanol–water partition coefficient (Wildman–Crippen LogP) is -2.01. The summed E-state index contributed by atoms with van der Waals surface area (Å²) in [5, 5.41) is 19.3. The van der Waals surface area contributed by atoms with Crippen molar-refractivity contribution in [1.82, 2.24) is 5.32 Å². The Kier molecular flexibility index (Phi) is 2.70. The molecule has 0 saturated carbocycles. The summed E-state index contributed by atoms with van der Waals surface area (Å²) in [5.74, 6) is -4.07. The van der Waals surface area contributed by atoms with Crippen LogP contribution in [-0.4, -0.2) is 40.1 Å². The lowest BCUT2D eigenvalue weighted by Crippen LogP contribution is -2.41. The number of carboxylic acid groups (broad SMARTS) is 2. The maximum atomic E-state index is 11.1. The Morgan fingerprint density at radius 3 is 2.43 bits per heavy atom. The summed E-state index contributed by atoms with van der Waals surface area (Å²) in [5.41, 5.74) is 5.22. The fourth-order valence-electron chi connectivity index (χ4n) is 1.34. The predicted molar refractivity (Wildman–Crippen MR) is 43.3 cm³/mol. The van der Waals surface area contributed by atoms with Crippen molar-refractivity contribution in [1.29, 1.82) is 0 Å². The van der Waals surface area contributed by atoms with Gasteiger partial charge in [-0.05, 0) is 6.42 Å². The van der Waals surface area contributed by atoms with Crippen molar-refractivity contribution < 1.29 is 24.6 Å². The van der Waals surface area contributed by atoms with Crippen LogP contribution in [0.2, 0.25) is 0 Å². The molecular weight excluding hydrogens is 192 g/mol. The van der Waals surface area contributed by atoms with Crippen molar-refractivity contribution in [2.75, 3.05) is 0 Å². The molecule has 1 rings (SSSR count). The number of hydrogen-bond donors (Lipinski definition) is 4. The second-order valence-corrected chi connectivity index (χ2v) is 3.11. The summed E-state index contributed by atoms with van der Waals surface area (Å²) in [6.45, 7) is 0. The van der Waals surface area contributed by atoms with Crippen molar-refractivity contribution in [3.8, 4) is 0 Å². The van der Waals surface area contributed by atoms with Crippen LogP contribution < -0.4 is 11.1 Å². The Bertz CT molecular complexity index is 290. The third-order valence-electron chi connectivity index (χ3n) is 2.16.